The summed E-state index contributed by atoms with van der Waals surface area (Å²) in [7, 11) is 0. The largest absolute Gasteiger partial charge is 0.378 e. The van der Waals surface area contributed by atoms with E-state index >= 15 is 0 Å². The molecular weight excluding hydrogens is 276 g/mol. The van der Waals surface area contributed by atoms with Crippen LogP contribution in [-0.4, -0.2) is 59.3 Å². The van der Waals surface area contributed by atoms with Gasteiger partial charge in [-0.25, -0.2) is 0 Å². The minimum absolute atomic E-state index is 0.253. The van der Waals surface area contributed by atoms with Crippen LogP contribution in [-0.2, 0) is 4.74 Å². The molecule has 0 spiro atoms. The number of aromatic nitrogens is 3. The highest BCUT2D eigenvalue weighted by atomic mass is 32.2. The summed E-state index contributed by atoms with van der Waals surface area (Å²) < 4.78 is 5.33. The molecule has 112 valence electrons. The van der Waals surface area contributed by atoms with Gasteiger partial charge in [0.1, 0.15) is 0 Å². The lowest BCUT2D eigenvalue weighted by Gasteiger charge is -2.27. The van der Waals surface area contributed by atoms with E-state index in [9.17, 15) is 0 Å². The molecule has 2 heterocycles. The summed E-state index contributed by atoms with van der Waals surface area (Å²) in [5.74, 6) is 2.44. The Morgan fingerprint density at radius 3 is 2.75 bits per heavy atom. The fourth-order valence-electron chi connectivity index (χ4n) is 2.00. The minimum atomic E-state index is 0.253. The number of hydrogen-bond donors (Lipinski definition) is 2. The van der Waals surface area contributed by atoms with E-state index in [1.54, 1.807) is 11.8 Å². The Morgan fingerprint density at radius 1 is 1.35 bits per heavy atom. The maximum atomic E-state index is 5.79. The Kier molecular flexibility index (Phi) is 5.66. The molecule has 8 heteroatoms. The summed E-state index contributed by atoms with van der Waals surface area (Å²) in [6.07, 6.45) is 3.10. The molecule has 2 rings (SSSR count). The lowest BCUT2D eigenvalue weighted by Crippen LogP contribution is -2.37. The van der Waals surface area contributed by atoms with Gasteiger partial charge >= 0.3 is 0 Å². The number of nitrogens with two attached hydrogens (primary N) is 1. The molecule has 1 aromatic heterocycles. The van der Waals surface area contributed by atoms with Gasteiger partial charge in [-0.15, -0.1) is 0 Å². The summed E-state index contributed by atoms with van der Waals surface area (Å²) in [5, 5.41) is 3.33. The molecule has 0 radical (unpaired) electrons. The van der Waals surface area contributed by atoms with Crippen molar-refractivity contribution in [3.63, 3.8) is 0 Å². The van der Waals surface area contributed by atoms with Crippen molar-refractivity contribution in [2.45, 2.75) is 19.4 Å². The lowest BCUT2D eigenvalue weighted by atomic mass is 10.3. The summed E-state index contributed by atoms with van der Waals surface area (Å²) in [5.41, 5.74) is 5.79. The first kappa shape index (κ1) is 15.1. The van der Waals surface area contributed by atoms with Gasteiger partial charge in [0.05, 0.1) is 13.2 Å². The SMILES string of the molecule is CCC(CSC)Nc1nc(N)nc(N2CCOCC2)n1. The van der Waals surface area contributed by atoms with Crippen molar-refractivity contribution in [1.29, 1.82) is 0 Å². The van der Waals surface area contributed by atoms with Crippen molar-refractivity contribution >= 4 is 29.6 Å². The van der Waals surface area contributed by atoms with Gasteiger partial charge in [0.2, 0.25) is 17.8 Å². The second-order valence-electron chi connectivity index (χ2n) is 4.62. The number of ether oxygens (including phenoxy) is 1. The van der Waals surface area contributed by atoms with Crippen molar-refractivity contribution in [1.82, 2.24) is 15.0 Å². The van der Waals surface area contributed by atoms with Crippen LogP contribution in [0.3, 0.4) is 0 Å². The van der Waals surface area contributed by atoms with Crippen LogP contribution in [0.15, 0.2) is 0 Å². The number of anilines is 3. The zero-order valence-electron chi connectivity index (χ0n) is 12.0. The number of nitrogens with zero attached hydrogens (tertiary/aromatic N) is 4. The summed E-state index contributed by atoms with van der Waals surface area (Å²) in [6, 6.07) is 0.337. The molecule has 1 unspecified atom stereocenters. The van der Waals surface area contributed by atoms with Crippen molar-refractivity contribution < 1.29 is 4.74 Å². The summed E-state index contributed by atoms with van der Waals surface area (Å²) in [4.78, 5) is 14.9. The van der Waals surface area contributed by atoms with Crippen LogP contribution in [0.1, 0.15) is 13.3 Å². The fourth-order valence-corrected chi connectivity index (χ4v) is 2.72. The van der Waals surface area contributed by atoms with Gasteiger partial charge in [-0.1, -0.05) is 6.92 Å². The fraction of sp³-hybridized carbons (Fsp3) is 0.750. The highest BCUT2D eigenvalue weighted by Gasteiger charge is 2.16. The van der Waals surface area contributed by atoms with E-state index < -0.39 is 0 Å². The second kappa shape index (κ2) is 7.49. The first-order valence-electron chi connectivity index (χ1n) is 6.82. The third-order valence-corrected chi connectivity index (χ3v) is 3.86. The van der Waals surface area contributed by atoms with Crippen molar-refractivity contribution in [3.05, 3.63) is 0 Å². The molecular formula is C12H22N6OS. The van der Waals surface area contributed by atoms with Gasteiger partial charge in [-0.3, -0.25) is 0 Å². The third kappa shape index (κ3) is 4.11. The zero-order valence-corrected chi connectivity index (χ0v) is 12.8. The smallest absolute Gasteiger partial charge is 0.232 e. The molecule has 1 aromatic rings. The molecule has 0 aliphatic carbocycles. The Balaban J connectivity index is 2.10. The molecule has 0 bridgehead atoms. The highest BCUT2D eigenvalue weighted by molar-refractivity contribution is 7.98. The third-order valence-electron chi connectivity index (χ3n) is 3.13. The van der Waals surface area contributed by atoms with E-state index in [2.05, 4.69) is 38.3 Å². The molecule has 1 aliphatic rings. The predicted octanol–water partition coefficient (Wildman–Crippen LogP) is 0.844. The maximum Gasteiger partial charge on any atom is 0.232 e. The van der Waals surface area contributed by atoms with Crippen LogP contribution in [0.5, 0.6) is 0 Å². The van der Waals surface area contributed by atoms with Gasteiger partial charge in [-0.05, 0) is 12.7 Å². The molecule has 0 amide bonds. The lowest BCUT2D eigenvalue weighted by molar-refractivity contribution is 0.122. The predicted molar refractivity (Wildman–Crippen MR) is 83.4 cm³/mol. The quantitative estimate of drug-likeness (QED) is 0.799. The van der Waals surface area contributed by atoms with Crippen LogP contribution in [0.4, 0.5) is 17.8 Å². The van der Waals surface area contributed by atoms with E-state index in [1.165, 1.54) is 0 Å². The number of nitrogens with one attached hydrogen (secondary N) is 1. The molecule has 0 saturated carbocycles. The Morgan fingerprint density at radius 2 is 2.10 bits per heavy atom. The van der Waals surface area contributed by atoms with E-state index in [0.717, 1.165) is 25.3 Å². The van der Waals surface area contributed by atoms with Gasteiger partial charge < -0.3 is 20.7 Å². The van der Waals surface area contributed by atoms with Gasteiger partial charge in [0.25, 0.3) is 0 Å². The van der Waals surface area contributed by atoms with E-state index in [0.29, 0.717) is 31.2 Å². The average Bonchev–Trinajstić information content (AvgIpc) is 2.47. The molecule has 3 N–H and O–H groups in total. The van der Waals surface area contributed by atoms with Crippen LogP contribution in [0.2, 0.25) is 0 Å². The minimum Gasteiger partial charge on any atom is -0.378 e. The molecule has 0 aromatic carbocycles. The molecule has 1 aliphatic heterocycles. The Labute approximate surface area is 123 Å². The molecule has 1 saturated heterocycles. The average molecular weight is 298 g/mol. The van der Waals surface area contributed by atoms with E-state index in [1.807, 2.05) is 0 Å². The standard InChI is InChI=1S/C12H22N6OS/c1-3-9(8-20-2)14-11-15-10(13)16-12(17-11)18-4-6-19-7-5-18/h9H,3-8H2,1-2H3,(H3,13,14,15,16,17). The van der Waals surface area contributed by atoms with Gasteiger partial charge in [0.15, 0.2) is 0 Å². The van der Waals surface area contributed by atoms with Gasteiger partial charge in [-0.2, -0.15) is 26.7 Å². The Hall–Kier alpha value is -1.28. The number of morpholine rings is 1. The number of hydrogen-bond acceptors (Lipinski definition) is 8. The Bertz CT molecular complexity index is 426. The molecule has 7 nitrogen and oxygen atoms in total. The molecule has 1 atom stereocenters. The second-order valence-corrected chi connectivity index (χ2v) is 5.53. The monoisotopic (exact) mass is 298 g/mol. The molecule has 20 heavy (non-hydrogen) atoms. The summed E-state index contributed by atoms with van der Waals surface area (Å²) >= 11 is 1.80. The van der Waals surface area contributed by atoms with Crippen LogP contribution in [0.25, 0.3) is 0 Å². The van der Waals surface area contributed by atoms with E-state index in [-0.39, 0.29) is 5.95 Å². The number of nitrogen functional groups attached to an aromatic ring is 1. The first-order valence-corrected chi connectivity index (χ1v) is 8.22. The zero-order chi connectivity index (χ0) is 14.4. The number of thioether (sulfide) groups is 1. The van der Waals surface area contributed by atoms with Gasteiger partial charge in [0, 0.05) is 24.9 Å². The summed E-state index contributed by atoms with van der Waals surface area (Å²) in [6.45, 7) is 5.09. The van der Waals surface area contributed by atoms with Crippen molar-refractivity contribution in [2.75, 3.05) is 54.3 Å². The molecule has 1 fully saturated rings. The van der Waals surface area contributed by atoms with Crippen LogP contribution < -0.4 is 16.0 Å². The normalized spacial score (nSPS) is 17.0. The topological polar surface area (TPSA) is 89.2 Å². The maximum absolute atomic E-state index is 5.79. The first-order chi connectivity index (χ1) is 9.72. The van der Waals surface area contributed by atoms with Crippen LogP contribution >= 0.6 is 11.8 Å². The van der Waals surface area contributed by atoms with E-state index in [4.69, 9.17) is 10.5 Å². The van der Waals surface area contributed by atoms with Crippen molar-refractivity contribution in [2.24, 2.45) is 0 Å². The van der Waals surface area contributed by atoms with Crippen LogP contribution in [0, 0.1) is 0 Å². The highest BCUT2D eigenvalue weighted by Crippen LogP contribution is 2.15. The van der Waals surface area contributed by atoms with Crippen molar-refractivity contribution in [3.8, 4) is 0 Å². The number of rotatable bonds is 6.